The van der Waals surface area contributed by atoms with E-state index in [1.165, 1.54) is 0 Å². The first-order valence-electron chi connectivity index (χ1n) is 8.61. The molecule has 0 atom stereocenters. The molecule has 1 fully saturated rings. The molecular formula is C18H19Cl2N7. The molecule has 27 heavy (non-hydrogen) atoms. The van der Waals surface area contributed by atoms with Crippen molar-refractivity contribution >= 4 is 29.2 Å². The lowest BCUT2D eigenvalue weighted by Gasteiger charge is -2.39. The lowest BCUT2D eigenvalue weighted by molar-refractivity contribution is 0.350. The van der Waals surface area contributed by atoms with Crippen LogP contribution < -0.4 is 10.2 Å². The number of halogens is 2. The van der Waals surface area contributed by atoms with Gasteiger partial charge in [0.05, 0.1) is 22.5 Å². The quantitative estimate of drug-likeness (QED) is 0.723. The summed E-state index contributed by atoms with van der Waals surface area (Å²) in [5.41, 5.74) is 1.55. The fourth-order valence-electron chi connectivity index (χ4n) is 3.13. The maximum Gasteiger partial charge on any atom is 0.228 e. The summed E-state index contributed by atoms with van der Waals surface area (Å²) in [6, 6.07) is 5.29. The summed E-state index contributed by atoms with van der Waals surface area (Å²) in [5.74, 6) is 1.25. The molecule has 2 aromatic heterocycles. The SMILES string of the molecule is CC1(C)CN(c2ncnc(-c3cnn(-c4ccc(Cl)cc4Cl)c3)n2)CCN1. The number of benzene rings is 1. The first-order valence-corrected chi connectivity index (χ1v) is 9.36. The predicted molar refractivity (Wildman–Crippen MR) is 107 cm³/mol. The van der Waals surface area contributed by atoms with Gasteiger partial charge in [0.15, 0.2) is 5.82 Å². The van der Waals surface area contributed by atoms with E-state index in [2.05, 4.69) is 44.1 Å². The molecule has 1 aliphatic heterocycles. The van der Waals surface area contributed by atoms with Crippen LogP contribution in [0.5, 0.6) is 0 Å². The van der Waals surface area contributed by atoms with Gasteiger partial charge in [-0.2, -0.15) is 10.1 Å². The summed E-state index contributed by atoms with van der Waals surface area (Å²) in [5, 5.41) is 8.98. The van der Waals surface area contributed by atoms with Crippen molar-refractivity contribution in [1.29, 1.82) is 0 Å². The Morgan fingerprint density at radius 3 is 2.81 bits per heavy atom. The third-order valence-electron chi connectivity index (χ3n) is 4.41. The van der Waals surface area contributed by atoms with Crippen molar-refractivity contribution in [2.24, 2.45) is 0 Å². The van der Waals surface area contributed by atoms with Crippen LogP contribution in [-0.4, -0.2) is 49.9 Å². The summed E-state index contributed by atoms with van der Waals surface area (Å²) in [6.45, 7) is 6.91. The number of piperazine rings is 1. The number of hydrogen-bond acceptors (Lipinski definition) is 6. The molecule has 1 saturated heterocycles. The topological polar surface area (TPSA) is 71.8 Å². The van der Waals surface area contributed by atoms with Crippen LogP contribution in [0.2, 0.25) is 10.0 Å². The third kappa shape index (κ3) is 3.90. The standard InChI is InChI=1S/C18H19Cl2N7/c1-18(2)10-26(6-5-23-18)17-22-11-21-16(25-17)12-8-24-27(9-12)15-4-3-13(19)7-14(15)20/h3-4,7-9,11,23H,5-6,10H2,1-2H3. The molecule has 0 saturated carbocycles. The Hall–Kier alpha value is -2.22. The van der Waals surface area contributed by atoms with Crippen molar-refractivity contribution in [1.82, 2.24) is 30.0 Å². The molecule has 0 amide bonds. The molecule has 7 nitrogen and oxygen atoms in total. The highest BCUT2D eigenvalue weighted by Gasteiger charge is 2.27. The van der Waals surface area contributed by atoms with Crippen LogP contribution in [0.3, 0.4) is 0 Å². The summed E-state index contributed by atoms with van der Waals surface area (Å²) in [6.07, 6.45) is 5.10. The predicted octanol–water partition coefficient (Wildman–Crippen LogP) is 3.22. The minimum atomic E-state index is 0.0151. The van der Waals surface area contributed by atoms with E-state index in [1.807, 2.05) is 12.3 Å². The average molecular weight is 404 g/mol. The number of anilines is 1. The van der Waals surface area contributed by atoms with Gasteiger partial charge in [-0.25, -0.2) is 14.6 Å². The fourth-order valence-corrected chi connectivity index (χ4v) is 3.62. The molecule has 0 bridgehead atoms. The van der Waals surface area contributed by atoms with Gasteiger partial charge >= 0.3 is 0 Å². The van der Waals surface area contributed by atoms with Crippen molar-refractivity contribution in [2.45, 2.75) is 19.4 Å². The summed E-state index contributed by atoms with van der Waals surface area (Å²) >= 11 is 12.2. The van der Waals surface area contributed by atoms with E-state index < -0.39 is 0 Å². The summed E-state index contributed by atoms with van der Waals surface area (Å²) in [4.78, 5) is 15.5. The lowest BCUT2D eigenvalue weighted by Crippen LogP contribution is -2.57. The van der Waals surface area contributed by atoms with Crippen LogP contribution in [0.15, 0.2) is 36.9 Å². The Balaban J connectivity index is 1.62. The molecule has 3 heterocycles. The van der Waals surface area contributed by atoms with Crippen molar-refractivity contribution in [3.8, 4) is 17.1 Å². The van der Waals surface area contributed by atoms with Crippen molar-refractivity contribution in [2.75, 3.05) is 24.5 Å². The largest absolute Gasteiger partial charge is 0.338 e. The van der Waals surface area contributed by atoms with Crippen molar-refractivity contribution in [3.05, 3.63) is 47.0 Å². The van der Waals surface area contributed by atoms with Gasteiger partial charge in [0.2, 0.25) is 5.95 Å². The van der Waals surface area contributed by atoms with E-state index in [9.17, 15) is 0 Å². The highest BCUT2D eigenvalue weighted by Crippen LogP contribution is 2.26. The third-order valence-corrected chi connectivity index (χ3v) is 4.95. The van der Waals surface area contributed by atoms with E-state index in [-0.39, 0.29) is 5.54 Å². The van der Waals surface area contributed by atoms with Crippen LogP contribution >= 0.6 is 23.2 Å². The number of hydrogen-bond donors (Lipinski definition) is 1. The molecule has 1 aliphatic rings. The minimum Gasteiger partial charge on any atom is -0.338 e. The average Bonchev–Trinajstić information content (AvgIpc) is 3.11. The Bertz CT molecular complexity index is 970. The Labute approximate surface area is 167 Å². The zero-order chi connectivity index (χ0) is 19.0. The van der Waals surface area contributed by atoms with E-state index in [0.29, 0.717) is 21.8 Å². The number of nitrogens with zero attached hydrogens (tertiary/aromatic N) is 6. The van der Waals surface area contributed by atoms with Crippen molar-refractivity contribution < 1.29 is 0 Å². The fraction of sp³-hybridized carbons (Fsp3) is 0.333. The molecule has 9 heteroatoms. The molecule has 4 rings (SSSR count). The second-order valence-electron chi connectivity index (χ2n) is 7.11. The normalized spacial score (nSPS) is 16.5. The monoisotopic (exact) mass is 403 g/mol. The molecule has 140 valence electrons. The Morgan fingerprint density at radius 2 is 2.04 bits per heavy atom. The van der Waals surface area contributed by atoms with E-state index in [4.69, 9.17) is 23.2 Å². The van der Waals surface area contributed by atoms with Crippen LogP contribution in [0.4, 0.5) is 5.95 Å². The van der Waals surface area contributed by atoms with Gasteiger partial charge in [-0.3, -0.25) is 0 Å². The van der Waals surface area contributed by atoms with Crippen LogP contribution in [0.1, 0.15) is 13.8 Å². The Morgan fingerprint density at radius 1 is 1.19 bits per heavy atom. The number of aromatic nitrogens is 5. The van der Waals surface area contributed by atoms with Crippen LogP contribution in [0.25, 0.3) is 17.1 Å². The second-order valence-corrected chi connectivity index (χ2v) is 7.95. The first kappa shape index (κ1) is 18.2. The highest BCUT2D eigenvalue weighted by atomic mass is 35.5. The van der Waals surface area contributed by atoms with Crippen LogP contribution in [0, 0.1) is 0 Å². The molecule has 0 unspecified atom stereocenters. The summed E-state index contributed by atoms with van der Waals surface area (Å²) in [7, 11) is 0. The van der Waals surface area contributed by atoms with Gasteiger partial charge in [0.25, 0.3) is 0 Å². The maximum atomic E-state index is 6.27. The van der Waals surface area contributed by atoms with Crippen molar-refractivity contribution in [3.63, 3.8) is 0 Å². The molecule has 3 aromatic rings. The number of rotatable bonds is 3. The zero-order valence-electron chi connectivity index (χ0n) is 15.0. The van der Waals surface area contributed by atoms with Gasteiger partial charge in [-0.15, -0.1) is 0 Å². The van der Waals surface area contributed by atoms with Gasteiger partial charge in [0, 0.05) is 36.4 Å². The van der Waals surface area contributed by atoms with Gasteiger partial charge in [-0.1, -0.05) is 23.2 Å². The molecule has 1 aromatic carbocycles. The molecule has 0 radical (unpaired) electrons. The highest BCUT2D eigenvalue weighted by molar-refractivity contribution is 6.35. The van der Waals surface area contributed by atoms with E-state index in [1.54, 1.807) is 29.3 Å². The first-order chi connectivity index (χ1) is 12.9. The smallest absolute Gasteiger partial charge is 0.228 e. The van der Waals surface area contributed by atoms with Gasteiger partial charge in [-0.05, 0) is 32.0 Å². The molecule has 1 N–H and O–H groups in total. The Kier molecular flexibility index (Phi) is 4.75. The molecular weight excluding hydrogens is 385 g/mol. The second kappa shape index (κ2) is 7.07. The molecule has 0 aliphatic carbocycles. The van der Waals surface area contributed by atoms with E-state index >= 15 is 0 Å². The molecule has 0 spiro atoms. The number of nitrogens with one attached hydrogen (secondary N) is 1. The lowest BCUT2D eigenvalue weighted by atomic mass is 10.0. The minimum absolute atomic E-state index is 0.0151. The van der Waals surface area contributed by atoms with Gasteiger partial charge in [0.1, 0.15) is 6.33 Å². The van der Waals surface area contributed by atoms with E-state index in [0.717, 1.165) is 30.9 Å². The summed E-state index contributed by atoms with van der Waals surface area (Å²) < 4.78 is 1.69. The van der Waals surface area contributed by atoms with Crippen LogP contribution in [-0.2, 0) is 0 Å². The zero-order valence-corrected chi connectivity index (χ0v) is 16.5. The van der Waals surface area contributed by atoms with Gasteiger partial charge < -0.3 is 10.2 Å². The maximum absolute atomic E-state index is 6.27.